The van der Waals surface area contributed by atoms with E-state index in [1.165, 1.54) is 6.92 Å². The lowest BCUT2D eigenvalue weighted by Gasteiger charge is -2.36. The average molecular weight is 270 g/mol. The maximum atomic E-state index is 12.1. The van der Waals surface area contributed by atoms with Crippen LogP contribution in [0.5, 0.6) is 0 Å². The van der Waals surface area contributed by atoms with Gasteiger partial charge >= 0.3 is 0 Å². The molecule has 5 heteroatoms. The first-order chi connectivity index (χ1) is 9.00. The van der Waals surface area contributed by atoms with Gasteiger partial charge in [0.25, 0.3) is 0 Å². The zero-order valence-electron chi connectivity index (χ0n) is 12.3. The highest BCUT2D eigenvalue weighted by Gasteiger charge is 2.26. The third-order valence-corrected chi connectivity index (χ3v) is 3.37. The summed E-state index contributed by atoms with van der Waals surface area (Å²) < 4.78 is 5.52. The molecule has 1 heterocycles. The Kier molecular flexibility index (Phi) is 6.84. The van der Waals surface area contributed by atoms with Gasteiger partial charge in [-0.3, -0.25) is 9.59 Å². The number of nitrogens with zero attached hydrogens (tertiary/aromatic N) is 1. The van der Waals surface area contributed by atoms with E-state index in [4.69, 9.17) is 4.74 Å². The van der Waals surface area contributed by atoms with Crippen LogP contribution in [0, 0.1) is 0 Å². The van der Waals surface area contributed by atoms with E-state index >= 15 is 0 Å². The molecule has 1 rings (SSSR count). The van der Waals surface area contributed by atoms with Crippen LogP contribution in [0.4, 0.5) is 0 Å². The molecule has 0 unspecified atom stereocenters. The smallest absolute Gasteiger partial charge is 0.222 e. The van der Waals surface area contributed by atoms with E-state index in [0.29, 0.717) is 26.1 Å². The lowest BCUT2D eigenvalue weighted by atomic mass is 10.1. The van der Waals surface area contributed by atoms with Crippen molar-refractivity contribution in [3.63, 3.8) is 0 Å². The van der Waals surface area contributed by atoms with Crippen LogP contribution in [-0.2, 0) is 14.3 Å². The SMILES string of the molecule is CC(=O)NCCCCCC(=O)N1C[C@@H](C)OC[C@H]1C. The number of carbonyl (C=O) groups is 2. The van der Waals surface area contributed by atoms with Crippen LogP contribution in [0.2, 0.25) is 0 Å². The molecule has 0 aromatic heterocycles. The number of carbonyl (C=O) groups excluding carboxylic acids is 2. The molecule has 0 aromatic rings. The van der Waals surface area contributed by atoms with Crippen molar-refractivity contribution in [1.82, 2.24) is 10.2 Å². The van der Waals surface area contributed by atoms with Crippen LogP contribution in [0.3, 0.4) is 0 Å². The number of hydrogen-bond donors (Lipinski definition) is 1. The van der Waals surface area contributed by atoms with E-state index in [2.05, 4.69) is 5.32 Å². The van der Waals surface area contributed by atoms with Gasteiger partial charge in [-0.05, 0) is 26.7 Å². The molecule has 2 atom stereocenters. The zero-order valence-corrected chi connectivity index (χ0v) is 12.3. The molecule has 1 aliphatic rings. The summed E-state index contributed by atoms with van der Waals surface area (Å²) in [4.78, 5) is 24.7. The second kappa shape index (κ2) is 8.15. The number of ether oxygens (including phenoxy) is 1. The Morgan fingerprint density at radius 2 is 2.00 bits per heavy atom. The Morgan fingerprint density at radius 1 is 1.26 bits per heavy atom. The summed E-state index contributed by atoms with van der Waals surface area (Å²) in [5.41, 5.74) is 0. The van der Waals surface area contributed by atoms with Crippen LogP contribution in [-0.4, -0.2) is 48.6 Å². The molecular formula is C14H26N2O3. The number of amides is 2. The fourth-order valence-electron chi connectivity index (χ4n) is 2.24. The van der Waals surface area contributed by atoms with Crippen molar-refractivity contribution in [2.45, 2.75) is 58.6 Å². The summed E-state index contributed by atoms with van der Waals surface area (Å²) in [5.74, 6) is 0.231. The standard InChI is InChI=1S/C14H26N2O3/c1-11-10-19-12(2)9-16(11)14(18)7-5-4-6-8-15-13(3)17/h11-12H,4-10H2,1-3H3,(H,15,17)/t11-,12-/m1/s1. The molecule has 0 aromatic carbocycles. The van der Waals surface area contributed by atoms with Crippen LogP contribution in [0.1, 0.15) is 46.5 Å². The van der Waals surface area contributed by atoms with E-state index in [9.17, 15) is 9.59 Å². The number of nitrogens with one attached hydrogen (secondary N) is 1. The van der Waals surface area contributed by atoms with E-state index < -0.39 is 0 Å². The van der Waals surface area contributed by atoms with Crippen LogP contribution in [0.25, 0.3) is 0 Å². The zero-order chi connectivity index (χ0) is 14.3. The Morgan fingerprint density at radius 3 is 2.68 bits per heavy atom. The van der Waals surface area contributed by atoms with Gasteiger partial charge in [-0.2, -0.15) is 0 Å². The van der Waals surface area contributed by atoms with Crippen LogP contribution >= 0.6 is 0 Å². The van der Waals surface area contributed by atoms with Gasteiger partial charge in [0.15, 0.2) is 0 Å². The van der Waals surface area contributed by atoms with Crippen molar-refractivity contribution in [2.24, 2.45) is 0 Å². The second-order valence-corrected chi connectivity index (χ2v) is 5.33. The van der Waals surface area contributed by atoms with E-state index in [1.807, 2.05) is 18.7 Å². The van der Waals surface area contributed by atoms with Gasteiger partial charge in [0, 0.05) is 26.4 Å². The lowest BCUT2D eigenvalue weighted by molar-refractivity contribution is -0.143. The van der Waals surface area contributed by atoms with Gasteiger partial charge in [-0.1, -0.05) is 6.42 Å². The molecule has 0 bridgehead atoms. The Bertz CT molecular complexity index is 307. The second-order valence-electron chi connectivity index (χ2n) is 5.33. The van der Waals surface area contributed by atoms with Crippen molar-refractivity contribution in [3.8, 4) is 0 Å². The summed E-state index contributed by atoms with van der Waals surface area (Å²) in [5, 5.41) is 2.76. The lowest BCUT2D eigenvalue weighted by Crippen LogP contribution is -2.50. The first-order valence-corrected chi connectivity index (χ1v) is 7.16. The maximum Gasteiger partial charge on any atom is 0.222 e. The molecule has 5 nitrogen and oxygen atoms in total. The summed E-state index contributed by atoms with van der Waals surface area (Å²) in [6.45, 7) is 7.58. The Balaban J connectivity index is 2.14. The third-order valence-electron chi connectivity index (χ3n) is 3.37. The van der Waals surface area contributed by atoms with E-state index in [-0.39, 0.29) is 24.0 Å². The largest absolute Gasteiger partial charge is 0.375 e. The van der Waals surface area contributed by atoms with E-state index in [0.717, 1.165) is 19.3 Å². The topological polar surface area (TPSA) is 58.6 Å². The number of rotatable bonds is 6. The van der Waals surface area contributed by atoms with Crippen LogP contribution < -0.4 is 5.32 Å². The fourth-order valence-corrected chi connectivity index (χ4v) is 2.24. The fraction of sp³-hybridized carbons (Fsp3) is 0.857. The van der Waals surface area contributed by atoms with Gasteiger partial charge in [-0.15, -0.1) is 0 Å². The molecule has 1 N–H and O–H groups in total. The number of unbranched alkanes of at least 4 members (excludes halogenated alkanes) is 2. The Hall–Kier alpha value is -1.10. The Labute approximate surface area is 115 Å². The predicted octanol–water partition coefficient (Wildman–Crippen LogP) is 1.32. The summed E-state index contributed by atoms with van der Waals surface area (Å²) >= 11 is 0. The van der Waals surface area contributed by atoms with Gasteiger partial charge in [0.1, 0.15) is 0 Å². The van der Waals surface area contributed by atoms with Crippen molar-refractivity contribution in [1.29, 1.82) is 0 Å². The summed E-state index contributed by atoms with van der Waals surface area (Å²) in [6, 6.07) is 0.183. The quantitative estimate of drug-likeness (QED) is 0.741. The molecule has 0 spiro atoms. The molecule has 110 valence electrons. The van der Waals surface area contributed by atoms with Crippen molar-refractivity contribution in [3.05, 3.63) is 0 Å². The number of hydrogen-bond acceptors (Lipinski definition) is 3. The van der Waals surface area contributed by atoms with Gasteiger partial charge in [0.05, 0.1) is 18.8 Å². The minimum absolute atomic E-state index is 0.00667. The normalized spacial score (nSPS) is 23.2. The summed E-state index contributed by atoms with van der Waals surface area (Å²) in [6.07, 6.45) is 3.52. The molecule has 19 heavy (non-hydrogen) atoms. The van der Waals surface area contributed by atoms with Gasteiger partial charge in [0.2, 0.25) is 11.8 Å². The molecule has 1 fully saturated rings. The predicted molar refractivity (Wildman–Crippen MR) is 73.7 cm³/mol. The molecule has 0 radical (unpaired) electrons. The highest BCUT2D eigenvalue weighted by Crippen LogP contribution is 2.14. The van der Waals surface area contributed by atoms with E-state index in [1.54, 1.807) is 0 Å². The monoisotopic (exact) mass is 270 g/mol. The molecule has 0 aliphatic carbocycles. The highest BCUT2D eigenvalue weighted by atomic mass is 16.5. The number of morpholine rings is 1. The highest BCUT2D eigenvalue weighted by molar-refractivity contribution is 5.76. The minimum atomic E-state index is 0.00667. The molecule has 0 saturated carbocycles. The molecule has 2 amide bonds. The van der Waals surface area contributed by atoms with Gasteiger partial charge in [-0.25, -0.2) is 0 Å². The first-order valence-electron chi connectivity index (χ1n) is 7.16. The molecule has 1 saturated heterocycles. The third kappa shape index (κ3) is 6.05. The summed E-state index contributed by atoms with van der Waals surface area (Å²) in [7, 11) is 0. The molecular weight excluding hydrogens is 244 g/mol. The van der Waals surface area contributed by atoms with Crippen molar-refractivity contribution < 1.29 is 14.3 Å². The van der Waals surface area contributed by atoms with Crippen LogP contribution in [0.15, 0.2) is 0 Å². The molecule has 1 aliphatic heterocycles. The average Bonchev–Trinajstić information content (AvgIpc) is 2.36. The van der Waals surface area contributed by atoms with Crippen molar-refractivity contribution in [2.75, 3.05) is 19.7 Å². The first kappa shape index (κ1) is 16.0. The van der Waals surface area contributed by atoms with Gasteiger partial charge < -0.3 is 15.0 Å². The maximum absolute atomic E-state index is 12.1. The van der Waals surface area contributed by atoms with Crippen molar-refractivity contribution >= 4 is 11.8 Å². The minimum Gasteiger partial charge on any atom is -0.375 e.